The molecule has 1 aliphatic rings. The van der Waals surface area contributed by atoms with Crippen molar-refractivity contribution in [1.29, 1.82) is 0 Å². The van der Waals surface area contributed by atoms with Crippen molar-refractivity contribution in [3.8, 4) is 11.1 Å². The summed E-state index contributed by atoms with van der Waals surface area (Å²) < 4.78 is 9.16. The minimum atomic E-state index is 0.209. The van der Waals surface area contributed by atoms with Gasteiger partial charge in [-0.25, -0.2) is 0 Å². The number of benzene rings is 8. The smallest absolute Gasteiger partial charge is 0.142 e. The first-order valence-electron chi connectivity index (χ1n) is 18.9. The van der Waals surface area contributed by atoms with Crippen molar-refractivity contribution >= 4 is 86.9 Å². The van der Waals surface area contributed by atoms with E-state index < -0.39 is 0 Å². The number of nitrogens with zero attached hydrogens (tertiary/aromatic N) is 1. The molecule has 260 valence electrons. The van der Waals surface area contributed by atoms with E-state index in [4.69, 9.17) is 4.42 Å². The SMILES string of the molecule is C1=CCC(c2ccc(N(c3ccc(-c4ccc5sc6ccccc6c5c4)cc3)c3cccc4ccccc34)cc2)C(c2cccc3c2oc2ccccc23)=C1. The fourth-order valence-electron chi connectivity index (χ4n) is 8.59. The van der Waals surface area contributed by atoms with E-state index in [9.17, 15) is 0 Å². The van der Waals surface area contributed by atoms with Crippen LogP contribution in [-0.4, -0.2) is 0 Å². The summed E-state index contributed by atoms with van der Waals surface area (Å²) in [5, 5.41) is 7.40. The highest BCUT2D eigenvalue weighted by Crippen LogP contribution is 2.45. The van der Waals surface area contributed by atoms with Gasteiger partial charge < -0.3 is 9.32 Å². The summed E-state index contributed by atoms with van der Waals surface area (Å²) in [7, 11) is 0. The first-order chi connectivity index (χ1) is 27.3. The van der Waals surface area contributed by atoms with Gasteiger partial charge in [-0.05, 0) is 88.7 Å². The van der Waals surface area contributed by atoms with Gasteiger partial charge in [-0.15, -0.1) is 11.3 Å². The Labute approximate surface area is 323 Å². The molecule has 0 aliphatic heterocycles. The van der Waals surface area contributed by atoms with Crippen LogP contribution in [0.4, 0.5) is 17.1 Å². The average Bonchev–Trinajstić information content (AvgIpc) is 3.83. The molecule has 3 heteroatoms. The molecule has 0 saturated heterocycles. The quantitative estimate of drug-likeness (QED) is 0.170. The largest absolute Gasteiger partial charge is 0.455 e. The number of para-hydroxylation sites is 2. The van der Waals surface area contributed by atoms with Gasteiger partial charge in [0.1, 0.15) is 11.2 Å². The normalized spacial score (nSPS) is 14.3. The first-order valence-corrected chi connectivity index (χ1v) is 19.8. The second kappa shape index (κ2) is 13.0. The molecular weight excluding hydrogens is 687 g/mol. The molecule has 11 rings (SSSR count). The van der Waals surface area contributed by atoms with Gasteiger partial charge in [0.15, 0.2) is 0 Å². The second-order valence-corrected chi connectivity index (χ2v) is 15.5. The van der Waals surface area contributed by atoms with Crippen LogP contribution >= 0.6 is 11.3 Å². The molecule has 55 heavy (non-hydrogen) atoms. The number of hydrogen-bond acceptors (Lipinski definition) is 3. The van der Waals surface area contributed by atoms with Crippen LogP contribution in [-0.2, 0) is 0 Å². The summed E-state index contributed by atoms with van der Waals surface area (Å²) >= 11 is 1.86. The molecule has 0 radical (unpaired) electrons. The molecular formula is C52H35NOS. The molecule has 0 amide bonds. The van der Waals surface area contributed by atoms with Crippen LogP contribution < -0.4 is 4.90 Å². The van der Waals surface area contributed by atoms with E-state index in [2.05, 4.69) is 193 Å². The molecule has 0 N–H and O–H groups in total. The van der Waals surface area contributed by atoms with E-state index in [1.807, 2.05) is 17.4 Å². The van der Waals surface area contributed by atoms with Crippen LogP contribution in [0, 0.1) is 0 Å². The zero-order valence-electron chi connectivity index (χ0n) is 30.0. The van der Waals surface area contributed by atoms with Gasteiger partial charge >= 0.3 is 0 Å². The predicted molar refractivity (Wildman–Crippen MR) is 235 cm³/mol. The fourth-order valence-corrected chi connectivity index (χ4v) is 9.68. The number of anilines is 3. The van der Waals surface area contributed by atoms with Gasteiger partial charge in [0.2, 0.25) is 0 Å². The van der Waals surface area contributed by atoms with E-state index in [0.717, 1.165) is 51.0 Å². The average molecular weight is 722 g/mol. The Balaban J connectivity index is 0.980. The van der Waals surface area contributed by atoms with Gasteiger partial charge in [0, 0.05) is 59.2 Å². The Morgan fingerprint density at radius 3 is 2.07 bits per heavy atom. The summed E-state index contributed by atoms with van der Waals surface area (Å²) in [4.78, 5) is 2.40. The molecule has 1 aliphatic carbocycles. The Bertz CT molecular complexity index is 3120. The van der Waals surface area contributed by atoms with E-state index in [-0.39, 0.29) is 5.92 Å². The van der Waals surface area contributed by atoms with E-state index in [0.29, 0.717) is 0 Å². The molecule has 0 fully saturated rings. The van der Waals surface area contributed by atoms with E-state index in [1.165, 1.54) is 53.2 Å². The third kappa shape index (κ3) is 5.39. The van der Waals surface area contributed by atoms with Crippen molar-refractivity contribution in [3.05, 3.63) is 205 Å². The lowest BCUT2D eigenvalue weighted by atomic mass is 9.81. The van der Waals surface area contributed by atoms with Crippen LogP contribution in [0.2, 0.25) is 0 Å². The second-order valence-electron chi connectivity index (χ2n) is 14.4. The van der Waals surface area contributed by atoms with Crippen LogP contribution in [0.5, 0.6) is 0 Å². The van der Waals surface area contributed by atoms with Crippen LogP contribution in [0.3, 0.4) is 0 Å². The van der Waals surface area contributed by atoms with Crippen molar-refractivity contribution in [2.24, 2.45) is 0 Å². The monoisotopic (exact) mass is 721 g/mol. The summed E-state index contributed by atoms with van der Waals surface area (Å²) in [6, 6.07) is 64.0. The zero-order chi connectivity index (χ0) is 36.3. The van der Waals surface area contributed by atoms with Crippen LogP contribution in [0.1, 0.15) is 23.5 Å². The zero-order valence-corrected chi connectivity index (χ0v) is 30.8. The van der Waals surface area contributed by atoms with Gasteiger partial charge in [0.05, 0.1) is 5.69 Å². The topological polar surface area (TPSA) is 16.4 Å². The molecule has 8 aromatic carbocycles. The third-order valence-electron chi connectivity index (χ3n) is 11.3. The molecule has 10 aromatic rings. The molecule has 2 nitrogen and oxygen atoms in total. The van der Waals surface area contributed by atoms with Gasteiger partial charge in [-0.1, -0.05) is 140 Å². The summed E-state index contributed by atoms with van der Waals surface area (Å²) in [6.07, 6.45) is 7.67. The minimum Gasteiger partial charge on any atom is -0.455 e. The molecule has 0 spiro atoms. The molecule has 1 unspecified atom stereocenters. The maximum absolute atomic E-state index is 6.50. The Morgan fingerprint density at radius 1 is 0.527 bits per heavy atom. The number of allylic oxidation sites excluding steroid dienone is 4. The van der Waals surface area contributed by atoms with Crippen LogP contribution in [0.25, 0.3) is 69.6 Å². The first kappa shape index (κ1) is 31.8. The summed E-state index contributed by atoms with van der Waals surface area (Å²) in [6.45, 7) is 0. The van der Waals surface area contributed by atoms with Crippen molar-refractivity contribution in [2.45, 2.75) is 12.3 Å². The van der Waals surface area contributed by atoms with Gasteiger partial charge in [0.25, 0.3) is 0 Å². The van der Waals surface area contributed by atoms with Crippen molar-refractivity contribution in [3.63, 3.8) is 0 Å². The Morgan fingerprint density at radius 2 is 1.20 bits per heavy atom. The lowest BCUT2D eigenvalue weighted by Gasteiger charge is -2.28. The maximum atomic E-state index is 6.50. The van der Waals surface area contributed by atoms with Gasteiger partial charge in [-0.2, -0.15) is 0 Å². The lowest BCUT2D eigenvalue weighted by Crippen LogP contribution is -2.11. The Kier molecular flexibility index (Phi) is 7.53. The molecule has 2 aromatic heterocycles. The van der Waals surface area contributed by atoms with E-state index in [1.54, 1.807) is 0 Å². The van der Waals surface area contributed by atoms with Crippen molar-refractivity contribution in [2.75, 3.05) is 4.90 Å². The predicted octanol–water partition coefficient (Wildman–Crippen LogP) is 15.4. The third-order valence-corrected chi connectivity index (χ3v) is 12.4. The lowest BCUT2D eigenvalue weighted by molar-refractivity contribution is 0.666. The maximum Gasteiger partial charge on any atom is 0.142 e. The van der Waals surface area contributed by atoms with Crippen molar-refractivity contribution in [1.82, 2.24) is 0 Å². The van der Waals surface area contributed by atoms with Gasteiger partial charge in [-0.3, -0.25) is 0 Å². The number of rotatable bonds is 6. The molecule has 0 saturated carbocycles. The number of thiophene rings is 1. The van der Waals surface area contributed by atoms with Crippen LogP contribution in [0.15, 0.2) is 199 Å². The highest BCUT2D eigenvalue weighted by Gasteiger charge is 2.24. The fraction of sp³-hybridized carbons (Fsp3) is 0.0385. The Hall–Kier alpha value is -6.68. The minimum absolute atomic E-state index is 0.209. The summed E-state index contributed by atoms with van der Waals surface area (Å²) in [5.74, 6) is 0.209. The molecule has 0 bridgehead atoms. The highest BCUT2D eigenvalue weighted by molar-refractivity contribution is 7.25. The van der Waals surface area contributed by atoms with Crippen molar-refractivity contribution < 1.29 is 4.42 Å². The standard InChI is InChI=1S/C52H35NOS/c1-2-14-41-35(11-1)12-9-20-48(41)53(38-28-23-34(24-29-38)37-27-32-51-47(33-37)44-17-6-8-22-50(44)55-51)39-30-25-36(26-31-39)40-13-3-4-15-42(40)45-18-10-19-46-43-16-5-7-21-49(43)54-52(45)46/h1-12,14-33,40H,13H2. The summed E-state index contributed by atoms with van der Waals surface area (Å²) in [5.41, 5.74) is 11.5. The molecule has 2 heterocycles. The molecule has 1 atom stereocenters. The highest BCUT2D eigenvalue weighted by atomic mass is 32.1. The van der Waals surface area contributed by atoms with E-state index >= 15 is 0 Å². The number of fused-ring (bicyclic) bond motifs is 7. The number of furan rings is 1. The number of hydrogen-bond donors (Lipinski definition) is 0.